The standard InChI is InChI=1S/C21H21N5O3S/c1-14(26-16-10-6-7-11-17(16)29-12-19(26)28)20-23-24-21(25(20)2)30-13-18(27)22-15-8-4-3-5-9-15/h3-11,14H,12-13H2,1-2H3,(H,22,27). The molecule has 2 aromatic carbocycles. The van der Waals surface area contributed by atoms with E-state index in [4.69, 9.17) is 4.74 Å². The van der Waals surface area contributed by atoms with Crippen molar-refractivity contribution in [2.24, 2.45) is 7.05 Å². The third-order valence-corrected chi connectivity index (χ3v) is 5.78. The predicted molar refractivity (Wildman–Crippen MR) is 115 cm³/mol. The second kappa shape index (κ2) is 8.58. The molecular formula is C21H21N5O3S. The van der Waals surface area contributed by atoms with Crippen LogP contribution in [-0.4, -0.2) is 38.9 Å². The summed E-state index contributed by atoms with van der Waals surface area (Å²) < 4.78 is 7.33. The lowest BCUT2D eigenvalue weighted by molar-refractivity contribution is -0.121. The maximum absolute atomic E-state index is 12.6. The molecule has 0 saturated carbocycles. The summed E-state index contributed by atoms with van der Waals surface area (Å²) in [6.07, 6.45) is 0. The summed E-state index contributed by atoms with van der Waals surface area (Å²) in [6.45, 7) is 1.89. The number of hydrogen-bond acceptors (Lipinski definition) is 6. The monoisotopic (exact) mass is 423 g/mol. The van der Waals surface area contributed by atoms with E-state index in [1.54, 1.807) is 4.90 Å². The van der Waals surface area contributed by atoms with E-state index >= 15 is 0 Å². The van der Waals surface area contributed by atoms with E-state index in [1.165, 1.54) is 11.8 Å². The Morgan fingerprint density at radius 2 is 1.90 bits per heavy atom. The summed E-state index contributed by atoms with van der Waals surface area (Å²) in [7, 11) is 1.83. The van der Waals surface area contributed by atoms with Crippen LogP contribution in [0, 0.1) is 0 Å². The zero-order valence-electron chi connectivity index (χ0n) is 16.6. The topological polar surface area (TPSA) is 89.4 Å². The minimum Gasteiger partial charge on any atom is -0.482 e. The number of benzene rings is 2. The fourth-order valence-electron chi connectivity index (χ4n) is 3.33. The zero-order chi connectivity index (χ0) is 21.1. The van der Waals surface area contributed by atoms with Crippen molar-refractivity contribution in [1.82, 2.24) is 14.8 Å². The van der Waals surface area contributed by atoms with Crippen LogP contribution in [0.1, 0.15) is 18.8 Å². The first-order valence-electron chi connectivity index (χ1n) is 9.45. The number of anilines is 2. The lowest BCUT2D eigenvalue weighted by Gasteiger charge is -2.33. The second-order valence-electron chi connectivity index (χ2n) is 6.80. The Bertz CT molecular complexity index is 1070. The largest absolute Gasteiger partial charge is 0.482 e. The molecule has 0 saturated heterocycles. The van der Waals surface area contributed by atoms with Gasteiger partial charge in [-0.1, -0.05) is 42.1 Å². The van der Waals surface area contributed by atoms with Gasteiger partial charge in [-0.2, -0.15) is 0 Å². The van der Waals surface area contributed by atoms with Crippen molar-refractivity contribution < 1.29 is 14.3 Å². The number of amides is 2. The van der Waals surface area contributed by atoms with Crippen LogP contribution < -0.4 is 15.0 Å². The Morgan fingerprint density at radius 1 is 1.17 bits per heavy atom. The molecule has 0 spiro atoms. The third kappa shape index (κ3) is 4.02. The minimum atomic E-state index is -0.340. The van der Waals surface area contributed by atoms with Gasteiger partial charge in [-0.25, -0.2) is 0 Å². The highest BCUT2D eigenvalue weighted by atomic mass is 32.2. The molecule has 0 fully saturated rings. The van der Waals surface area contributed by atoms with Gasteiger partial charge in [0.25, 0.3) is 5.91 Å². The van der Waals surface area contributed by atoms with Crippen LogP contribution in [0.4, 0.5) is 11.4 Å². The summed E-state index contributed by atoms with van der Waals surface area (Å²) in [5.74, 6) is 1.24. The quantitative estimate of drug-likeness (QED) is 0.613. The first-order valence-corrected chi connectivity index (χ1v) is 10.4. The number of nitrogens with one attached hydrogen (secondary N) is 1. The Morgan fingerprint density at radius 3 is 2.70 bits per heavy atom. The molecule has 3 aromatic rings. The normalized spacial score (nSPS) is 14.1. The van der Waals surface area contributed by atoms with Crippen molar-refractivity contribution >= 4 is 35.0 Å². The predicted octanol–water partition coefficient (Wildman–Crippen LogP) is 3.03. The van der Waals surface area contributed by atoms with Crippen LogP contribution in [0.3, 0.4) is 0 Å². The highest BCUT2D eigenvalue weighted by Gasteiger charge is 2.32. The van der Waals surface area contributed by atoms with Crippen LogP contribution in [0.2, 0.25) is 0 Å². The second-order valence-corrected chi connectivity index (χ2v) is 7.74. The van der Waals surface area contributed by atoms with Crippen molar-refractivity contribution in [2.45, 2.75) is 18.1 Å². The van der Waals surface area contributed by atoms with E-state index in [0.29, 0.717) is 22.4 Å². The van der Waals surface area contributed by atoms with Gasteiger partial charge in [-0.05, 0) is 31.2 Å². The summed E-state index contributed by atoms with van der Waals surface area (Å²) in [4.78, 5) is 26.5. The first kappa shape index (κ1) is 20.0. The number of thioether (sulfide) groups is 1. The highest BCUT2D eigenvalue weighted by molar-refractivity contribution is 7.99. The molecule has 1 aliphatic rings. The van der Waals surface area contributed by atoms with Crippen molar-refractivity contribution in [2.75, 3.05) is 22.6 Å². The first-order chi connectivity index (χ1) is 14.5. The van der Waals surface area contributed by atoms with Gasteiger partial charge in [0, 0.05) is 12.7 Å². The van der Waals surface area contributed by atoms with Crippen molar-refractivity contribution in [3.63, 3.8) is 0 Å². The van der Waals surface area contributed by atoms with E-state index in [0.717, 1.165) is 5.69 Å². The van der Waals surface area contributed by atoms with E-state index in [2.05, 4.69) is 15.5 Å². The lowest BCUT2D eigenvalue weighted by atomic mass is 10.1. The molecule has 1 unspecified atom stereocenters. The number of nitrogens with zero attached hydrogens (tertiary/aromatic N) is 4. The van der Waals surface area contributed by atoms with Crippen molar-refractivity contribution in [1.29, 1.82) is 0 Å². The molecule has 1 aliphatic heterocycles. The average molecular weight is 423 g/mol. The van der Waals surface area contributed by atoms with E-state index < -0.39 is 0 Å². The summed E-state index contributed by atoms with van der Waals surface area (Å²) in [5.41, 5.74) is 1.46. The molecule has 30 heavy (non-hydrogen) atoms. The van der Waals surface area contributed by atoms with Crippen LogP contribution in [-0.2, 0) is 16.6 Å². The Kier molecular flexibility index (Phi) is 5.71. The van der Waals surface area contributed by atoms with E-state index in [9.17, 15) is 9.59 Å². The lowest BCUT2D eigenvalue weighted by Crippen LogP contribution is -2.41. The Balaban J connectivity index is 1.47. The smallest absolute Gasteiger partial charge is 0.265 e. The molecule has 1 atom stereocenters. The number of aromatic nitrogens is 3. The molecule has 0 aliphatic carbocycles. The van der Waals surface area contributed by atoms with E-state index in [1.807, 2.05) is 73.1 Å². The molecule has 2 heterocycles. The minimum absolute atomic E-state index is 0.0134. The molecule has 0 bridgehead atoms. The maximum Gasteiger partial charge on any atom is 0.265 e. The molecule has 4 rings (SSSR count). The van der Waals surface area contributed by atoms with Crippen LogP contribution >= 0.6 is 11.8 Å². The fraction of sp³-hybridized carbons (Fsp3) is 0.238. The molecule has 9 heteroatoms. The molecule has 0 radical (unpaired) electrons. The fourth-order valence-corrected chi connectivity index (χ4v) is 4.04. The number of fused-ring (bicyclic) bond motifs is 1. The van der Waals surface area contributed by atoms with Crippen molar-refractivity contribution in [3.05, 3.63) is 60.4 Å². The van der Waals surface area contributed by atoms with Gasteiger partial charge in [0.15, 0.2) is 17.6 Å². The molecule has 2 amide bonds. The Hall–Kier alpha value is -3.33. The van der Waals surface area contributed by atoms with Crippen LogP contribution in [0.5, 0.6) is 5.75 Å². The zero-order valence-corrected chi connectivity index (χ0v) is 17.4. The van der Waals surface area contributed by atoms with Gasteiger partial charge in [0.05, 0.1) is 17.5 Å². The van der Waals surface area contributed by atoms with Gasteiger partial charge in [-0.15, -0.1) is 10.2 Å². The average Bonchev–Trinajstić information content (AvgIpc) is 3.13. The van der Waals surface area contributed by atoms with Crippen molar-refractivity contribution in [3.8, 4) is 5.75 Å². The highest BCUT2D eigenvalue weighted by Crippen LogP contribution is 2.37. The molecule has 8 nitrogen and oxygen atoms in total. The SMILES string of the molecule is CC(c1nnc(SCC(=O)Nc2ccccc2)n1C)N1C(=O)COc2ccccc21. The van der Waals surface area contributed by atoms with E-state index in [-0.39, 0.29) is 30.2 Å². The number of ether oxygens (including phenoxy) is 1. The molecular weight excluding hydrogens is 402 g/mol. The van der Waals surface area contributed by atoms with Gasteiger partial charge in [0.2, 0.25) is 5.91 Å². The number of carbonyl (C=O) groups excluding carboxylic acids is 2. The maximum atomic E-state index is 12.6. The summed E-state index contributed by atoms with van der Waals surface area (Å²) in [5, 5.41) is 12.0. The number of para-hydroxylation sites is 3. The summed E-state index contributed by atoms with van der Waals surface area (Å²) >= 11 is 1.29. The van der Waals surface area contributed by atoms with Gasteiger partial charge in [0.1, 0.15) is 5.75 Å². The molecule has 1 N–H and O–H groups in total. The number of carbonyl (C=O) groups is 2. The van der Waals surface area contributed by atoms with Crippen LogP contribution in [0.15, 0.2) is 59.8 Å². The van der Waals surface area contributed by atoms with Crippen LogP contribution in [0.25, 0.3) is 0 Å². The third-order valence-electron chi connectivity index (χ3n) is 4.76. The molecule has 154 valence electrons. The number of rotatable bonds is 6. The van der Waals surface area contributed by atoms with Gasteiger partial charge < -0.3 is 14.6 Å². The molecule has 1 aromatic heterocycles. The van der Waals surface area contributed by atoms with Gasteiger partial charge >= 0.3 is 0 Å². The Labute approximate surface area is 178 Å². The number of hydrogen-bond donors (Lipinski definition) is 1. The summed E-state index contributed by atoms with van der Waals surface area (Å²) in [6, 6.07) is 16.4. The van der Waals surface area contributed by atoms with Gasteiger partial charge in [-0.3, -0.25) is 14.5 Å².